The first-order valence-electron chi connectivity index (χ1n) is 7.27. The van der Waals surface area contributed by atoms with Crippen LogP contribution >= 0.6 is 11.6 Å². The number of anilines is 1. The third-order valence-electron chi connectivity index (χ3n) is 4.14. The molecule has 0 amide bonds. The zero-order valence-electron chi connectivity index (χ0n) is 12.0. The van der Waals surface area contributed by atoms with Crippen LogP contribution in [0.2, 0.25) is 5.02 Å². The lowest BCUT2D eigenvalue weighted by Gasteiger charge is -2.47. The summed E-state index contributed by atoms with van der Waals surface area (Å²) in [6.45, 7) is 10.1. The molecule has 1 aromatic rings. The second-order valence-electron chi connectivity index (χ2n) is 5.46. The zero-order chi connectivity index (χ0) is 14.8. The van der Waals surface area contributed by atoms with Crippen LogP contribution < -0.4 is 15.8 Å². The van der Waals surface area contributed by atoms with Crippen molar-refractivity contribution in [1.82, 2.24) is 20.0 Å². The van der Waals surface area contributed by atoms with Gasteiger partial charge in [0, 0.05) is 45.3 Å². The number of hydrogen-bond acceptors (Lipinski definition) is 5. The Kier molecular flexibility index (Phi) is 4.28. The van der Waals surface area contributed by atoms with Gasteiger partial charge < -0.3 is 10.2 Å². The molecule has 2 aliphatic heterocycles. The molecule has 7 heteroatoms. The minimum atomic E-state index is -0.250. The normalized spacial score (nSPS) is 20.3. The molecule has 0 bridgehead atoms. The van der Waals surface area contributed by atoms with Gasteiger partial charge in [-0.05, 0) is 0 Å². The first kappa shape index (κ1) is 14.6. The smallest absolute Gasteiger partial charge is 0.287 e. The van der Waals surface area contributed by atoms with Gasteiger partial charge in [0.05, 0.1) is 18.4 Å². The Balaban J connectivity index is 1.68. The average Bonchev–Trinajstić information content (AvgIpc) is 2.46. The highest BCUT2D eigenvalue weighted by Crippen LogP contribution is 2.27. The highest BCUT2D eigenvalue weighted by atomic mass is 35.5. The van der Waals surface area contributed by atoms with Gasteiger partial charge in [-0.3, -0.25) is 9.69 Å². The molecule has 2 aliphatic rings. The molecular formula is C14H20ClN5O. The number of nitrogens with zero attached hydrogens (tertiary/aromatic N) is 4. The van der Waals surface area contributed by atoms with Crippen LogP contribution in [0.25, 0.3) is 0 Å². The van der Waals surface area contributed by atoms with Gasteiger partial charge in [0.25, 0.3) is 5.56 Å². The summed E-state index contributed by atoms with van der Waals surface area (Å²) in [7, 11) is 0. The minimum absolute atomic E-state index is 0.250. The number of rotatable bonds is 4. The second-order valence-corrected chi connectivity index (χ2v) is 5.84. The van der Waals surface area contributed by atoms with E-state index in [2.05, 4.69) is 26.8 Å². The Morgan fingerprint density at radius 3 is 2.81 bits per heavy atom. The van der Waals surface area contributed by atoms with Gasteiger partial charge in [0.2, 0.25) is 0 Å². The lowest BCUT2D eigenvalue weighted by molar-refractivity contribution is 0.147. The predicted octanol–water partition coefficient (Wildman–Crippen LogP) is 0.177. The van der Waals surface area contributed by atoms with E-state index in [0.29, 0.717) is 12.6 Å². The van der Waals surface area contributed by atoms with Gasteiger partial charge in [-0.15, -0.1) is 6.58 Å². The van der Waals surface area contributed by atoms with Crippen molar-refractivity contribution in [2.45, 2.75) is 12.6 Å². The molecule has 114 valence electrons. The van der Waals surface area contributed by atoms with Crippen LogP contribution in [0.1, 0.15) is 0 Å². The van der Waals surface area contributed by atoms with E-state index >= 15 is 0 Å². The summed E-state index contributed by atoms with van der Waals surface area (Å²) in [5.41, 5.74) is 0.494. The van der Waals surface area contributed by atoms with Gasteiger partial charge in [-0.2, -0.15) is 5.10 Å². The molecule has 0 spiro atoms. The molecule has 6 nitrogen and oxygen atoms in total. The van der Waals surface area contributed by atoms with E-state index in [9.17, 15) is 4.79 Å². The summed E-state index contributed by atoms with van der Waals surface area (Å²) in [5.74, 6) is 0. The van der Waals surface area contributed by atoms with Crippen molar-refractivity contribution in [2.75, 3.05) is 44.2 Å². The average molecular weight is 310 g/mol. The number of aromatic nitrogens is 2. The van der Waals surface area contributed by atoms with Crippen molar-refractivity contribution >= 4 is 17.3 Å². The minimum Gasteiger partial charge on any atom is -0.366 e. The number of halogens is 1. The Morgan fingerprint density at radius 2 is 2.14 bits per heavy atom. The van der Waals surface area contributed by atoms with E-state index in [1.54, 1.807) is 12.3 Å². The van der Waals surface area contributed by atoms with Crippen LogP contribution in [0.5, 0.6) is 0 Å². The van der Waals surface area contributed by atoms with E-state index in [-0.39, 0.29) is 10.6 Å². The molecule has 2 saturated heterocycles. The molecule has 0 aliphatic carbocycles. The van der Waals surface area contributed by atoms with Gasteiger partial charge in [0.15, 0.2) is 0 Å². The Morgan fingerprint density at radius 1 is 1.43 bits per heavy atom. The highest BCUT2D eigenvalue weighted by molar-refractivity contribution is 6.33. The molecule has 3 heterocycles. The monoisotopic (exact) mass is 309 g/mol. The van der Waals surface area contributed by atoms with Crippen LogP contribution in [-0.4, -0.2) is 60.0 Å². The lowest BCUT2D eigenvalue weighted by atomic mass is 10.1. The van der Waals surface area contributed by atoms with Crippen molar-refractivity contribution in [1.29, 1.82) is 0 Å². The maximum atomic E-state index is 12.1. The van der Waals surface area contributed by atoms with Gasteiger partial charge in [-0.1, -0.05) is 17.7 Å². The lowest BCUT2D eigenvalue weighted by Crippen LogP contribution is -2.63. The Hall–Kier alpha value is -1.37. The van der Waals surface area contributed by atoms with Crippen molar-refractivity contribution in [3.05, 3.63) is 34.2 Å². The Bertz CT molecular complexity index is 575. The van der Waals surface area contributed by atoms with Crippen LogP contribution in [0.3, 0.4) is 0 Å². The van der Waals surface area contributed by atoms with Crippen LogP contribution in [-0.2, 0) is 6.54 Å². The summed E-state index contributed by atoms with van der Waals surface area (Å²) in [6.07, 6.45) is 3.32. The Labute approximate surface area is 129 Å². The van der Waals surface area contributed by atoms with Gasteiger partial charge >= 0.3 is 0 Å². The fraction of sp³-hybridized carbons (Fsp3) is 0.571. The highest BCUT2D eigenvalue weighted by Gasteiger charge is 2.34. The molecule has 21 heavy (non-hydrogen) atoms. The molecule has 1 N–H and O–H groups in total. The topological polar surface area (TPSA) is 53.4 Å². The van der Waals surface area contributed by atoms with Crippen molar-refractivity contribution in [2.24, 2.45) is 0 Å². The molecule has 0 unspecified atom stereocenters. The molecule has 1 aromatic heterocycles. The molecule has 0 saturated carbocycles. The molecule has 0 atom stereocenters. The van der Waals surface area contributed by atoms with Crippen LogP contribution in [0.4, 0.5) is 5.69 Å². The molecule has 3 rings (SSSR count). The van der Waals surface area contributed by atoms with E-state index in [1.807, 2.05) is 0 Å². The molecular weight excluding hydrogens is 290 g/mol. The summed E-state index contributed by atoms with van der Waals surface area (Å²) < 4.78 is 1.33. The SMILES string of the molecule is C=CCn1ncc(N2CC(N3CCNCC3)C2)c(Cl)c1=O. The first-order valence-corrected chi connectivity index (χ1v) is 7.64. The predicted molar refractivity (Wildman–Crippen MR) is 84.1 cm³/mol. The zero-order valence-corrected chi connectivity index (χ0v) is 12.7. The van der Waals surface area contributed by atoms with Crippen molar-refractivity contribution < 1.29 is 0 Å². The standard InChI is InChI=1S/C14H20ClN5O/c1-2-5-20-14(21)13(15)12(8-17-20)19-9-11(10-19)18-6-3-16-4-7-18/h2,8,11,16H,1,3-7,9-10H2. The maximum Gasteiger partial charge on any atom is 0.287 e. The van der Waals surface area contributed by atoms with Crippen LogP contribution in [0, 0.1) is 0 Å². The fourth-order valence-electron chi connectivity index (χ4n) is 2.86. The van der Waals surface area contributed by atoms with E-state index in [0.717, 1.165) is 45.0 Å². The van der Waals surface area contributed by atoms with Gasteiger partial charge in [0.1, 0.15) is 5.02 Å². The second kappa shape index (κ2) is 6.17. The number of allylic oxidation sites excluding steroid dienone is 1. The van der Waals surface area contributed by atoms with E-state index < -0.39 is 0 Å². The third-order valence-corrected chi connectivity index (χ3v) is 4.49. The molecule has 2 fully saturated rings. The first-order chi connectivity index (χ1) is 10.2. The van der Waals surface area contributed by atoms with E-state index in [4.69, 9.17) is 11.6 Å². The summed E-state index contributed by atoms with van der Waals surface area (Å²) >= 11 is 6.20. The van der Waals surface area contributed by atoms with Crippen LogP contribution in [0.15, 0.2) is 23.6 Å². The fourth-order valence-corrected chi connectivity index (χ4v) is 3.13. The summed E-state index contributed by atoms with van der Waals surface area (Å²) in [5, 5.41) is 7.76. The molecule has 0 aromatic carbocycles. The number of piperazine rings is 1. The number of hydrogen-bond donors (Lipinski definition) is 1. The van der Waals surface area contributed by atoms with E-state index in [1.165, 1.54) is 4.68 Å². The third kappa shape index (κ3) is 2.84. The van der Waals surface area contributed by atoms with Crippen molar-refractivity contribution in [3.8, 4) is 0 Å². The number of nitrogens with one attached hydrogen (secondary N) is 1. The molecule has 0 radical (unpaired) electrons. The maximum absolute atomic E-state index is 12.1. The van der Waals surface area contributed by atoms with Gasteiger partial charge in [-0.25, -0.2) is 4.68 Å². The van der Waals surface area contributed by atoms with Crippen molar-refractivity contribution in [3.63, 3.8) is 0 Å². The quantitative estimate of drug-likeness (QED) is 0.804. The summed E-state index contributed by atoms with van der Waals surface area (Å²) in [6, 6.07) is 0.554. The summed E-state index contributed by atoms with van der Waals surface area (Å²) in [4.78, 5) is 16.7. The largest absolute Gasteiger partial charge is 0.366 e.